The largest absolute Gasteiger partial charge is 0.495 e. The SMILES string of the molecule is CNC(=O)c1ccc(-c2c[nH]c3nc(Nc4ccc(C(=O)NC)cc4OC)nc(OC)c23)cc1. The molecule has 0 radical (unpaired) electrons. The van der Waals surface area contributed by atoms with Gasteiger partial charge in [-0.1, -0.05) is 12.1 Å². The van der Waals surface area contributed by atoms with Gasteiger partial charge in [0.1, 0.15) is 11.4 Å². The first-order valence-corrected chi connectivity index (χ1v) is 10.4. The van der Waals surface area contributed by atoms with E-state index in [1.54, 1.807) is 44.4 Å². The Morgan fingerprint density at radius 1 is 0.882 bits per heavy atom. The van der Waals surface area contributed by atoms with Crippen LogP contribution in [0.1, 0.15) is 20.7 Å². The molecule has 0 unspecified atom stereocenters. The summed E-state index contributed by atoms with van der Waals surface area (Å²) in [5, 5.41) is 9.03. The Morgan fingerprint density at radius 3 is 2.21 bits per heavy atom. The number of H-pyrrole nitrogens is 1. The molecule has 0 aliphatic rings. The van der Waals surface area contributed by atoms with Gasteiger partial charge in [0, 0.05) is 37.0 Å². The monoisotopic (exact) mass is 460 g/mol. The van der Waals surface area contributed by atoms with Crippen molar-refractivity contribution in [1.29, 1.82) is 0 Å². The average Bonchev–Trinajstić information content (AvgIpc) is 3.31. The molecule has 34 heavy (non-hydrogen) atoms. The summed E-state index contributed by atoms with van der Waals surface area (Å²) in [7, 11) is 6.22. The lowest BCUT2D eigenvalue weighted by Crippen LogP contribution is -2.17. The highest BCUT2D eigenvalue weighted by atomic mass is 16.5. The summed E-state index contributed by atoms with van der Waals surface area (Å²) in [6.45, 7) is 0. The van der Waals surface area contributed by atoms with Crippen LogP contribution in [0, 0.1) is 0 Å². The van der Waals surface area contributed by atoms with Crippen LogP contribution in [0.5, 0.6) is 11.6 Å². The molecule has 174 valence electrons. The maximum atomic E-state index is 11.9. The highest BCUT2D eigenvalue weighted by Gasteiger charge is 2.17. The van der Waals surface area contributed by atoms with Crippen LogP contribution in [0.15, 0.2) is 48.7 Å². The standard InChI is InChI=1S/C24H24N6O4/c1-25-21(31)14-7-5-13(6-8-14)16-12-27-20-19(16)23(34-4)30-24(29-20)28-17-10-9-15(22(32)26-2)11-18(17)33-3/h5-12H,1-4H3,(H,25,31)(H,26,32)(H2,27,28,29,30). The third kappa shape index (κ3) is 4.20. The number of nitrogens with one attached hydrogen (secondary N) is 4. The van der Waals surface area contributed by atoms with E-state index in [0.717, 1.165) is 11.1 Å². The number of carbonyl (C=O) groups is 2. The molecule has 10 nitrogen and oxygen atoms in total. The molecule has 0 fully saturated rings. The van der Waals surface area contributed by atoms with Crippen molar-refractivity contribution in [3.05, 3.63) is 59.8 Å². The Labute approximate surface area is 195 Å². The van der Waals surface area contributed by atoms with E-state index >= 15 is 0 Å². The number of hydrogen-bond donors (Lipinski definition) is 4. The fourth-order valence-corrected chi connectivity index (χ4v) is 3.58. The zero-order valence-electron chi connectivity index (χ0n) is 19.1. The molecule has 2 aromatic carbocycles. The number of carbonyl (C=O) groups excluding carboxylic acids is 2. The minimum absolute atomic E-state index is 0.152. The van der Waals surface area contributed by atoms with Crippen molar-refractivity contribution in [3.63, 3.8) is 0 Å². The molecule has 4 aromatic rings. The molecular weight excluding hydrogens is 436 g/mol. The summed E-state index contributed by atoms with van der Waals surface area (Å²) < 4.78 is 11.0. The second kappa shape index (κ2) is 9.49. The summed E-state index contributed by atoms with van der Waals surface area (Å²) in [4.78, 5) is 36.0. The summed E-state index contributed by atoms with van der Waals surface area (Å²) in [6, 6.07) is 12.3. The second-order valence-electron chi connectivity index (χ2n) is 7.26. The summed E-state index contributed by atoms with van der Waals surface area (Å²) >= 11 is 0. The van der Waals surface area contributed by atoms with Gasteiger partial charge in [0.2, 0.25) is 11.8 Å². The topological polar surface area (TPSA) is 130 Å². The number of fused-ring (bicyclic) bond motifs is 1. The number of aromatic nitrogens is 3. The normalized spacial score (nSPS) is 10.6. The molecule has 0 bridgehead atoms. The molecule has 2 amide bonds. The number of rotatable bonds is 7. The van der Waals surface area contributed by atoms with E-state index in [1.807, 2.05) is 18.3 Å². The summed E-state index contributed by atoms with van der Waals surface area (Å²) in [5.74, 6) is 0.762. The number of methoxy groups -OCH3 is 2. The highest BCUT2D eigenvalue weighted by molar-refractivity contribution is 5.99. The van der Waals surface area contributed by atoms with Crippen LogP contribution < -0.4 is 25.4 Å². The van der Waals surface area contributed by atoms with Gasteiger partial charge in [0.05, 0.1) is 25.3 Å². The van der Waals surface area contributed by atoms with Crippen LogP contribution in [0.2, 0.25) is 0 Å². The number of ether oxygens (including phenoxy) is 2. The average molecular weight is 460 g/mol. The van der Waals surface area contributed by atoms with E-state index in [0.29, 0.717) is 45.4 Å². The quantitative estimate of drug-likeness (QED) is 0.333. The highest BCUT2D eigenvalue weighted by Crippen LogP contribution is 2.35. The third-order valence-corrected chi connectivity index (χ3v) is 5.31. The summed E-state index contributed by atoms with van der Waals surface area (Å²) in [5.41, 5.74) is 3.92. The van der Waals surface area contributed by atoms with E-state index in [9.17, 15) is 9.59 Å². The molecule has 0 spiro atoms. The minimum Gasteiger partial charge on any atom is -0.495 e. The van der Waals surface area contributed by atoms with E-state index in [-0.39, 0.29) is 11.8 Å². The van der Waals surface area contributed by atoms with Crippen molar-refractivity contribution in [3.8, 4) is 22.8 Å². The second-order valence-corrected chi connectivity index (χ2v) is 7.26. The Bertz CT molecular complexity index is 1360. The van der Waals surface area contributed by atoms with Crippen LogP contribution in [0.25, 0.3) is 22.2 Å². The van der Waals surface area contributed by atoms with Crippen molar-refractivity contribution < 1.29 is 19.1 Å². The van der Waals surface area contributed by atoms with E-state index in [4.69, 9.17) is 9.47 Å². The number of benzene rings is 2. The summed E-state index contributed by atoms with van der Waals surface area (Å²) in [6.07, 6.45) is 1.82. The van der Waals surface area contributed by atoms with Gasteiger partial charge in [-0.2, -0.15) is 9.97 Å². The minimum atomic E-state index is -0.216. The van der Waals surface area contributed by atoms with Crippen molar-refractivity contribution in [2.24, 2.45) is 0 Å². The smallest absolute Gasteiger partial charge is 0.251 e. The van der Waals surface area contributed by atoms with E-state index in [1.165, 1.54) is 14.2 Å². The van der Waals surface area contributed by atoms with Crippen LogP contribution in [0.3, 0.4) is 0 Å². The van der Waals surface area contributed by atoms with Gasteiger partial charge in [-0.15, -0.1) is 0 Å². The number of amides is 2. The van der Waals surface area contributed by atoms with Crippen LogP contribution in [-0.2, 0) is 0 Å². The van der Waals surface area contributed by atoms with Crippen LogP contribution >= 0.6 is 0 Å². The van der Waals surface area contributed by atoms with E-state index in [2.05, 4.69) is 30.9 Å². The van der Waals surface area contributed by atoms with Crippen molar-refractivity contribution >= 4 is 34.5 Å². The van der Waals surface area contributed by atoms with Gasteiger partial charge < -0.3 is 30.4 Å². The number of anilines is 2. The van der Waals surface area contributed by atoms with Crippen LogP contribution in [0.4, 0.5) is 11.6 Å². The van der Waals surface area contributed by atoms with Gasteiger partial charge in [-0.3, -0.25) is 9.59 Å². The maximum Gasteiger partial charge on any atom is 0.251 e. The van der Waals surface area contributed by atoms with Crippen LogP contribution in [-0.4, -0.2) is 55.1 Å². The lowest BCUT2D eigenvalue weighted by molar-refractivity contribution is 0.0955. The molecule has 2 aromatic heterocycles. The van der Waals surface area contributed by atoms with Gasteiger partial charge in [0.15, 0.2) is 0 Å². The first kappa shape index (κ1) is 22.6. The van der Waals surface area contributed by atoms with Crippen molar-refractivity contribution in [2.75, 3.05) is 33.6 Å². The lowest BCUT2D eigenvalue weighted by Gasteiger charge is -2.12. The van der Waals surface area contributed by atoms with Gasteiger partial charge in [0.25, 0.3) is 11.8 Å². The van der Waals surface area contributed by atoms with Gasteiger partial charge in [-0.25, -0.2) is 0 Å². The predicted octanol–water partition coefficient (Wildman–Crippen LogP) is 3.10. The van der Waals surface area contributed by atoms with Gasteiger partial charge >= 0.3 is 0 Å². The number of hydrogen-bond acceptors (Lipinski definition) is 7. The molecule has 2 heterocycles. The zero-order chi connectivity index (χ0) is 24.2. The van der Waals surface area contributed by atoms with E-state index < -0.39 is 0 Å². The lowest BCUT2D eigenvalue weighted by atomic mass is 10.0. The molecular formula is C24H24N6O4. The molecule has 4 rings (SSSR count). The first-order valence-electron chi connectivity index (χ1n) is 10.4. The third-order valence-electron chi connectivity index (χ3n) is 5.31. The van der Waals surface area contributed by atoms with Gasteiger partial charge in [-0.05, 0) is 35.9 Å². The number of aromatic amines is 1. The Kier molecular flexibility index (Phi) is 6.30. The zero-order valence-corrected chi connectivity index (χ0v) is 19.1. The molecule has 0 aliphatic heterocycles. The number of nitrogens with zero attached hydrogens (tertiary/aromatic N) is 2. The molecule has 0 saturated carbocycles. The fraction of sp³-hybridized carbons (Fsp3) is 0.167. The molecule has 0 atom stereocenters. The molecule has 0 saturated heterocycles. The Morgan fingerprint density at radius 2 is 1.56 bits per heavy atom. The molecule has 4 N–H and O–H groups in total. The Hall–Kier alpha value is -4.60. The maximum absolute atomic E-state index is 11.9. The Balaban J connectivity index is 1.70. The van der Waals surface area contributed by atoms with Crippen molar-refractivity contribution in [2.45, 2.75) is 0 Å². The first-order chi connectivity index (χ1) is 16.5. The van der Waals surface area contributed by atoms with Crippen molar-refractivity contribution in [1.82, 2.24) is 25.6 Å². The fourth-order valence-electron chi connectivity index (χ4n) is 3.58. The molecule has 0 aliphatic carbocycles. The predicted molar refractivity (Wildman–Crippen MR) is 129 cm³/mol. The molecule has 10 heteroatoms.